The first-order valence-electron chi connectivity index (χ1n) is 9.46. The molecule has 1 saturated heterocycles. The molecule has 1 aromatic heterocycles. The summed E-state index contributed by atoms with van der Waals surface area (Å²) < 4.78 is 10.9. The molecule has 6 nitrogen and oxygen atoms in total. The molecule has 27 heavy (non-hydrogen) atoms. The first kappa shape index (κ1) is 19.8. The fourth-order valence-electron chi connectivity index (χ4n) is 3.28. The highest BCUT2D eigenvalue weighted by atomic mass is 16.5. The number of rotatable bonds is 9. The van der Waals surface area contributed by atoms with E-state index in [2.05, 4.69) is 20.9 Å². The average Bonchev–Trinajstić information content (AvgIpc) is 2.70. The number of aliphatic hydroxyl groups excluding tert-OH is 1. The minimum Gasteiger partial charge on any atom is -0.497 e. The van der Waals surface area contributed by atoms with Gasteiger partial charge < -0.3 is 14.6 Å². The van der Waals surface area contributed by atoms with Crippen LogP contribution >= 0.6 is 0 Å². The van der Waals surface area contributed by atoms with E-state index in [0.717, 1.165) is 49.7 Å². The minimum absolute atomic E-state index is 0.339. The summed E-state index contributed by atoms with van der Waals surface area (Å²) in [7, 11) is 1.65. The Morgan fingerprint density at radius 3 is 2.63 bits per heavy atom. The molecule has 1 unspecified atom stereocenters. The van der Waals surface area contributed by atoms with Crippen LogP contribution in [0.25, 0.3) is 0 Å². The molecule has 0 radical (unpaired) electrons. The van der Waals surface area contributed by atoms with E-state index < -0.39 is 6.10 Å². The smallest absolute Gasteiger partial charge is 0.119 e. The molecule has 1 aliphatic heterocycles. The van der Waals surface area contributed by atoms with Gasteiger partial charge in [-0.15, -0.1) is 0 Å². The molecule has 0 spiro atoms. The van der Waals surface area contributed by atoms with Crippen molar-refractivity contribution in [1.82, 2.24) is 14.8 Å². The summed E-state index contributed by atoms with van der Waals surface area (Å²) in [5, 5.41) is 10.3. The van der Waals surface area contributed by atoms with E-state index in [1.165, 1.54) is 0 Å². The number of piperazine rings is 1. The van der Waals surface area contributed by atoms with Gasteiger partial charge in [-0.2, -0.15) is 0 Å². The Morgan fingerprint density at radius 2 is 1.89 bits per heavy atom. The molecule has 0 saturated carbocycles. The zero-order valence-corrected chi connectivity index (χ0v) is 16.0. The number of hydrogen-bond acceptors (Lipinski definition) is 6. The van der Waals surface area contributed by atoms with Crippen LogP contribution in [0.1, 0.15) is 11.3 Å². The number of benzene rings is 1. The van der Waals surface area contributed by atoms with Crippen LogP contribution in [0.5, 0.6) is 5.75 Å². The van der Waals surface area contributed by atoms with E-state index >= 15 is 0 Å². The topological polar surface area (TPSA) is 58.1 Å². The largest absolute Gasteiger partial charge is 0.497 e. The number of nitrogens with zero attached hydrogens (tertiary/aromatic N) is 3. The van der Waals surface area contributed by atoms with Crippen LogP contribution in [0.15, 0.2) is 48.7 Å². The molecular weight excluding hydrogens is 342 g/mol. The second-order valence-corrected chi connectivity index (χ2v) is 6.92. The third kappa shape index (κ3) is 6.59. The quantitative estimate of drug-likeness (QED) is 0.725. The molecule has 1 aromatic carbocycles. The summed E-state index contributed by atoms with van der Waals surface area (Å²) in [6.45, 7) is 6.26. The third-order valence-corrected chi connectivity index (χ3v) is 4.76. The number of aliphatic hydroxyl groups is 1. The van der Waals surface area contributed by atoms with E-state index in [1.807, 2.05) is 42.6 Å². The number of pyridine rings is 1. The highest BCUT2D eigenvalue weighted by Crippen LogP contribution is 2.13. The van der Waals surface area contributed by atoms with Crippen LogP contribution < -0.4 is 4.74 Å². The normalized spacial score (nSPS) is 17.0. The molecule has 0 amide bonds. The number of β-amino-alcohol motifs (C(OH)–C–C–N with tert-alkyl or cyclic N) is 1. The molecule has 1 aliphatic rings. The third-order valence-electron chi connectivity index (χ3n) is 4.76. The maximum absolute atomic E-state index is 10.3. The lowest BCUT2D eigenvalue weighted by Crippen LogP contribution is -2.48. The van der Waals surface area contributed by atoms with Gasteiger partial charge >= 0.3 is 0 Å². The van der Waals surface area contributed by atoms with Gasteiger partial charge in [0.25, 0.3) is 0 Å². The maximum Gasteiger partial charge on any atom is 0.119 e. The van der Waals surface area contributed by atoms with Crippen molar-refractivity contribution < 1.29 is 14.6 Å². The predicted octanol–water partition coefficient (Wildman–Crippen LogP) is 1.79. The molecule has 1 atom stereocenters. The Morgan fingerprint density at radius 1 is 1.07 bits per heavy atom. The predicted molar refractivity (Wildman–Crippen MR) is 105 cm³/mol. The zero-order chi connectivity index (χ0) is 18.9. The van der Waals surface area contributed by atoms with E-state index in [0.29, 0.717) is 19.8 Å². The lowest BCUT2D eigenvalue weighted by molar-refractivity contribution is 0.000775. The van der Waals surface area contributed by atoms with E-state index in [9.17, 15) is 5.11 Å². The van der Waals surface area contributed by atoms with Crippen molar-refractivity contribution in [1.29, 1.82) is 0 Å². The number of hydrogen-bond donors (Lipinski definition) is 1. The Hall–Kier alpha value is -1.99. The Labute approximate surface area is 161 Å². The maximum atomic E-state index is 10.3. The molecule has 2 heterocycles. The Bertz CT molecular complexity index is 675. The standard InChI is InChI=1S/C21H29N3O3/c1-26-21-7-4-5-18(13-21)16-27-17-20(25)15-24-11-9-23(10-12-24)14-19-6-2-3-8-22-19/h2-8,13,20,25H,9-12,14-17H2,1H3. The van der Waals surface area contributed by atoms with Crippen molar-refractivity contribution in [2.75, 3.05) is 46.4 Å². The second-order valence-electron chi connectivity index (χ2n) is 6.92. The van der Waals surface area contributed by atoms with E-state index in [-0.39, 0.29) is 0 Å². The summed E-state index contributed by atoms with van der Waals surface area (Å²) in [6.07, 6.45) is 1.37. The highest BCUT2D eigenvalue weighted by molar-refractivity contribution is 5.27. The fourth-order valence-corrected chi connectivity index (χ4v) is 3.28. The van der Waals surface area contributed by atoms with Crippen LogP contribution in [0, 0.1) is 0 Å². The van der Waals surface area contributed by atoms with Crippen molar-refractivity contribution in [2.45, 2.75) is 19.3 Å². The van der Waals surface area contributed by atoms with Crippen molar-refractivity contribution >= 4 is 0 Å². The first-order chi connectivity index (χ1) is 13.2. The SMILES string of the molecule is COc1cccc(COCC(O)CN2CCN(Cc3ccccn3)CC2)c1. The van der Waals surface area contributed by atoms with Crippen molar-refractivity contribution in [3.63, 3.8) is 0 Å². The molecular formula is C21H29N3O3. The average molecular weight is 371 g/mol. The number of methoxy groups -OCH3 is 1. The van der Waals surface area contributed by atoms with Gasteiger partial charge in [0.05, 0.1) is 32.1 Å². The monoisotopic (exact) mass is 371 g/mol. The van der Waals surface area contributed by atoms with Crippen LogP contribution in [-0.2, 0) is 17.9 Å². The van der Waals surface area contributed by atoms with Gasteiger partial charge in [-0.25, -0.2) is 0 Å². The Balaban J connectivity index is 1.32. The summed E-state index contributed by atoms with van der Waals surface area (Å²) in [4.78, 5) is 9.10. The first-order valence-corrected chi connectivity index (χ1v) is 9.46. The van der Waals surface area contributed by atoms with Gasteiger partial charge in [-0.05, 0) is 29.8 Å². The number of aromatic nitrogens is 1. The van der Waals surface area contributed by atoms with E-state index in [1.54, 1.807) is 7.11 Å². The summed E-state index contributed by atoms with van der Waals surface area (Å²) >= 11 is 0. The number of ether oxygens (including phenoxy) is 2. The van der Waals surface area contributed by atoms with Crippen LogP contribution in [0.2, 0.25) is 0 Å². The van der Waals surface area contributed by atoms with Gasteiger partial charge in [0.1, 0.15) is 5.75 Å². The second kappa shape index (κ2) is 10.4. The van der Waals surface area contributed by atoms with Crippen molar-refractivity contribution in [3.05, 3.63) is 59.9 Å². The van der Waals surface area contributed by atoms with Gasteiger partial charge in [0.2, 0.25) is 0 Å². The molecule has 3 rings (SSSR count). The molecule has 1 fully saturated rings. The lowest BCUT2D eigenvalue weighted by Gasteiger charge is -2.35. The molecule has 2 aromatic rings. The summed E-state index contributed by atoms with van der Waals surface area (Å²) in [5.74, 6) is 0.820. The van der Waals surface area contributed by atoms with Crippen molar-refractivity contribution in [3.8, 4) is 5.75 Å². The minimum atomic E-state index is -0.474. The molecule has 0 aliphatic carbocycles. The molecule has 1 N–H and O–H groups in total. The van der Waals surface area contributed by atoms with Crippen LogP contribution in [-0.4, -0.2) is 72.4 Å². The van der Waals surface area contributed by atoms with Gasteiger partial charge in [-0.1, -0.05) is 18.2 Å². The molecule has 6 heteroatoms. The highest BCUT2D eigenvalue weighted by Gasteiger charge is 2.19. The zero-order valence-electron chi connectivity index (χ0n) is 16.0. The van der Waals surface area contributed by atoms with Gasteiger partial charge in [0, 0.05) is 45.5 Å². The Kier molecular flexibility index (Phi) is 7.59. The van der Waals surface area contributed by atoms with Crippen LogP contribution in [0.4, 0.5) is 0 Å². The van der Waals surface area contributed by atoms with Crippen molar-refractivity contribution in [2.24, 2.45) is 0 Å². The molecule has 0 bridgehead atoms. The summed E-state index contributed by atoms with van der Waals surface area (Å²) in [5.41, 5.74) is 2.15. The molecule has 146 valence electrons. The van der Waals surface area contributed by atoms with E-state index in [4.69, 9.17) is 9.47 Å². The summed E-state index contributed by atoms with van der Waals surface area (Å²) in [6, 6.07) is 13.8. The van der Waals surface area contributed by atoms with Gasteiger partial charge in [-0.3, -0.25) is 14.8 Å². The van der Waals surface area contributed by atoms with Gasteiger partial charge in [0.15, 0.2) is 0 Å². The van der Waals surface area contributed by atoms with Crippen LogP contribution in [0.3, 0.4) is 0 Å². The lowest BCUT2D eigenvalue weighted by atomic mass is 10.2. The fraction of sp³-hybridized carbons (Fsp3) is 0.476.